The average Bonchev–Trinajstić information content (AvgIpc) is 2.74. The number of carbonyl (C=O) groups is 1. The molecule has 0 aliphatic rings. The molecule has 0 spiro atoms. The van der Waals surface area contributed by atoms with Crippen molar-refractivity contribution in [3.05, 3.63) is 93.4 Å². The number of amides is 1. The van der Waals surface area contributed by atoms with Gasteiger partial charge in [-0.25, -0.2) is 0 Å². The maximum Gasteiger partial charge on any atom is 0.263 e. The number of hydrogen-bond acceptors (Lipinski definition) is 2. The lowest BCUT2D eigenvalue weighted by atomic mass is 9.98. The van der Waals surface area contributed by atoms with Crippen molar-refractivity contribution in [1.29, 1.82) is 0 Å². The summed E-state index contributed by atoms with van der Waals surface area (Å²) in [6.45, 7) is 7.18. The van der Waals surface area contributed by atoms with E-state index in [-0.39, 0.29) is 17.0 Å². The Labute approximate surface area is 172 Å². The number of nitrogens with one attached hydrogen (secondary N) is 1. The summed E-state index contributed by atoms with van der Waals surface area (Å²) >= 11 is 0. The lowest BCUT2D eigenvalue weighted by Crippen LogP contribution is -2.33. The van der Waals surface area contributed by atoms with Gasteiger partial charge in [-0.15, -0.1) is 0 Å². The topological polar surface area (TPSA) is 51.1 Å². The number of aromatic nitrogens is 1. The summed E-state index contributed by atoms with van der Waals surface area (Å²) in [6.07, 6.45) is 3.75. The Morgan fingerprint density at radius 3 is 2.52 bits per heavy atom. The molecule has 0 aliphatic carbocycles. The first-order valence-corrected chi connectivity index (χ1v) is 10.1. The van der Waals surface area contributed by atoms with E-state index in [1.54, 1.807) is 10.6 Å². The molecule has 3 rings (SSSR count). The zero-order valence-corrected chi connectivity index (χ0v) is 17.4. The second-order valence-corrected chi connectivity index (χ2v) is 7.48. The normalized spacial score (nSPS) is 10.7. The smallest absolute Gasteiger partial charge is 0.263 e. The maximum absolute atomic E-state index is 13.0. The Hall–Kier alpha value is -3.14. The van der Waals surface area contributed by atoms with Gasteiger partial charge in [-0.3, -0.25) is 9.59 Å². The predicted molar refractivity (Wildman–Crippen MR) is 118 cm³/mol. The van der Waals surface area contributed by atoms with Crippen molar-refractivity contribution >= 4 is 5.91 Å². The van der Waals surface area contributed by atoms with Crippen LogP contribution >= 0.6 is 0 Å². The first-order chi connectivity index (χ1) is 14.0. The summed E-state index contributed by atoms with van der Waals surface area (Å²) in [5, 5.41) is 2.89. The third-order valence-corrected chi connectivity index (χ3v) is 5.08. The number of benzene rings is 2. The van der Waals surface area contributed by atoms with Crippen molar-refractivity contribution in [2.45, 2.75) is 46.7 Å². The van der Waals surface area contributed by atoms with Crippen LogP contribution in [0.5, 0.6) is 0 Å². The highest BCUT2D eigenvalue weighted by atomic mass is 16.2. The standard InChI is InChI=1S/C25H28N2O2/c1-4-5-13-27-17-21(22-14-18(2)11-12-19(22)3)15-23(25(27)29)24(28)26-16-20-9-7-6-8-10-20/h6-12,14-15,17H,4-5,13,16H2,1-3H3,(H,26,28). The van der Waals surface area contributed by atoms with Crippen LogP contribution in [-0.4, -0.2) is 10.5 Å². The Morgan fingerprint density at radius 1 is 1.03 bits per heavy atom. The average molecular weight is 389 g/mol. The van der Waals surface area contributed by atoms with E-state index in [1.165, 1.54) is 0 Å². The van der Waals surface area contributed by atoms with E-state index < -0.39 is 0 Å². The molecule has 0 radical (unpaired) electrons. The Balaban J connectivity index is 1.99. The van der Waals surface area contributed by atoms with Crippen LogP contribution in [0.4, 0.5) is 0 Å². The molecule has 4 heteroatoms. The molecule has 1 heterocycles. The SMILES string of the molecule is CCCCn1cc(-c2cc(C)ccc2C)cc(C(=O)NCc2ccccc2)c1=O. The van der Waals surface area contributed by atoms with Crippen molar-refractivity contribution in [1.82, 2.24) is 9.88 Å². The van der Waals surface area contributed by atoms with Crippen LogP contribution in [0.25, 0.3) is 11.1 Å². The second kappa shape index (κ2) is 9.37. The fourth-order valence-electron chi connectivity index (χ4n) is 3.36. The van der Waals surface area contributed by atoms with Gasteiger partial charge in [-0.2, -0.15) is 0 Å². The molecular weight excluding hydrogens is 360 g/mol. The van der Waals surface area contributed by atoms with Crippen LogP contribution in [0, 0.1) is 13.8 Å². The Kier molecular flexibility index (Phi) is 6.65. The molecule has 0 aliphatic heterocycles. The molecule has 0 saturated heterocycles. The molecule has 0 fully saturated rings. The van der Waals surface area contributed by atoms with Gasteiger partial charge in [0.2, 0.25) is 0 Å². The number of carbonyl (C=O) groups excluding carboxylic acids is 1. The molecule has 1 aromatic heterocycles. The van der Waals surface area contributed by atoms with Gasteiger partial charge in [-0.05, 0) is 48.6 Å². The number of nitrogens with zero attached hydrogens (tertiary/aromatic N) is 1. The van der Waals surface area contributed by atoms with Crippen molar-refractivity contribution < 1.29 is 4.79 Å². The monoisotopic (exact) mass is 388 g/mol. The van der Waals surface area contributed by atoms with Crippen molar-refractivity contribution in [2.24, 2.45) is 0 Å². The molecule has 29 heavy (non-hydrogen) atoms. The lowest BCUT2D eigenvalue weighted by molar-refractivity contribution is 0.0949. The second-order valence-electron chi connectivity index (χ2n) is 7.48. The van der Waals surface area contributed by atoms with Crippen molar-refractivity contribution in [2.75, 3.05) is 0 Å². The van der Waals surface area contributed by atoms with Gasteiger partial charge in [-0.1, -0.05) is 67.4 Å². The zero-order chi connectivity index (χ0) is 20.8. The first kappa shape index (κ1) is 20.6. The van der Waals surface area contributed by atoms with Crippen LogP contribution in [0.15, 0.2) is 65.6 Å². The van der Waals surface area contributed by atoms with Crippen LogP contribution < -0.4 is 10.9 Å². The highest BCUT2D eigenvalue weighted by molar-refractivity contribution is 5.95. The summed E-state index contributed by atoms with van der Waals surface area (Å²) in [5.41, 5.74) is 5.16. The maximum atomic E-state index is 13.0. The molecule has 3 aromatic rings. The Morgan fingerprint density at radius 2 is 1.79 bits per heavy atom. The number of rotatable bonds is 7. The molecule has 2 aromatic carbocycles. The lowest BCUT2D eigenvalue weighted by Gasteiger charge is -2.14. The number of pyridine rings is 1. The van der Waals surface area contributed by atoms with E-state index in [4.69, 9.17) is 0 Å². The van der Waals surface area contributed by atoms with Gasteiger partial charge in [0.05, 0.1) is 0 Å². The van der Waals surface area contributed by atoms with Gasteiger partial charge in [0.15, 0.2) is 0 Å². The third kappa shape index (κ3) is 5.02. The molecule has 0 saturated carbocycles. The quantitative estimate of drug-likeness (QED) is 0.628. The van der Waals surface area contributed by atoms with Crippen LogP contribution in [-0.2, 0) is 13.1 Å². The summed E-state index contributed by atoms with van der Waals surface area (Å²) in [6, 6.07) is 17.7. The summed E-state index contributed by atoms with van der Waals surface area (Å²) in [4.78, 5) is 25.8. The highest BCUT2D eigenvalue weighted by Crippen LogP contribution is 2.24. The van der Waals surface area contributed by atoms with Crippen LogP contribution in [0.2, 0.25) is 0 Å². The van der Waals surface area contributed by atoms with Crippen molar-refractivity contribution in [3.8, 4) is 11.1 Å². The third-order valence-electron chi connectivity index (χ3n) is 5.08. The largest absolute Gasteiger partial charge is 0.348 e. The highest BCUT2D eigenvalue weighted by Gasteiger charge is 2.16. The molecule has 4 nitrogen and oxygen atoms in total. The van der Waals surface area contributed by atoms with E-state index in [2.05, 4.69) is 30.4 Å². The van der Waals surface area contributed by atoms with Gasteiger partial charge in [0, 0.05) is 19.3 Å². The number of aryl methyl sites for hydroxylation is 3. The summed E-state index contributed by atoms with van der Waals surface area (Å²) in [5.74, 6) is -0.337. The summed E-state index contributed by atoms with van der Waals surface area (Å²) < 4.78 is 1.68. The fourth-order valence-corrected chi connectivity index (χ4v) is 3.36. The molecule has 1 N–H and O–H groups in total. The fraction of sp³-hybridized carbons (Fsp3) is 0.280. The van der Waals surface area contributed by atoms with E-state index in [9.17, 15) is 9.59 Å². The minimum atomic E-state index is -0.337. The minimum absolute atomic E-state index is 0.190. The van der Waals surface area contributed by atoms with Gasteiger partial charge in [0.25, 0.3) is 11.5 Å². The van der Waals surface area contributed by atoms with Gasteiger partial charge in [0.1, 0.15) is 5.56 Å². The van der Waals surface area contributed by atoms with Crippen molar-refractivity contribution in [3.63, 3.8) is 0 Å². The van der Waals surface area contributed by atoms with E-state index in [1.807, 2.05) is 50.4 Å². The van der Waals surface area contributed by atoms with Crippen LogP contribution in [0.1, 0.15) is 46.8 Å². The molecular formula is C25H28N2O2. The van der Waals surface area contributed by atoms with E-state index in [0.29, 0.717) is 13.1 Å². The van der Waals surface area contributed by atoms with E-state index in [0.717, 1.165) is 40.7 Å². The first-order valence-electron chi connectivity index (χ1n) is 10.1. The molecule has 0 bridgehead atoms. The number of unbranched alkanes of at least 4 members (excludes halogenated alkanes) is 1. The minimum Gasteiger partial charge on any atom is -0.348 e. The summed E-state index contributed by atoms with van der Waals surface area (Å²) in [7, 11) is 0. The van der Waals surface area contributed by atoms with E-state index >= 15 is 0 Å². The zero-order valence-electron chi connectivity index (χ0n) is 17.4. The molecule has 150 valence electrons. The predicted octanol–water partition coefficient (Wildman–Crippen LogP) is 4.86. The molecule has 1 amide bonds. The van der Waals surface area contributed by atoms with Gasteiger partial charge >= 0.3 is 0 Å². The van der Waals surface area contributed by atoms with Crippen LogP contribution in [0.3, 0.4) is 0 Å². The van der Waals surface area contributed by atoms with Gasteiger partial charge < -0.3 is 9.88 Å². The molecule has 0 atom stereocenters. The number of hydrogen-bond donors (Lipinski definition) is 1. The Bertz CT molecular complexity index is 1050. The molecule has 0 unspecified atom stereocenters.